The number of hydrogen-bond donors (Lipinski definition) is 0. The molecule has 0 aliphatic carbocycles. The van der Waals surface area contributed by atoms with Gasteiger partial charge in [-0.1, -0.05) is 43.8 Å². The monoisotopic (exact) mass is 312 g/mol. The zero-order valence-corrected chi connectivity index (χ0v) is 14.8. The first-order valence-electron chi connectivity index (χ1n) is 6.42. The number of unbranched alkanes of at least 4 members (excludes halogenated alkanes) is 3. The van der Waals surface area contributed by atoms with Crippen LogP contribution in [0.4, 0.5) is 12.9 Å². The number of carbonyl (C=O) groups excluding carboxylic acids is 1. The van der Waals surface area contributed by atoms with Crippen LogP contribution in [-0.2, 0) is 4.74 Å². The largest absolute Gasteiger partial charge is 1.00 e. The summed E-state index contributed by atoms with van der Waals surface area (Å²) in [7, 11) is 0. The Labute approximate surface area is 159 Å². The molecular formula is C13H17BF3KO2. The van der Waals surface area contributed by atoms with Crippen molar-refractivity contribution in [3.8, 4) is 0 Å². The van der Waals surface area contributed by atoms with Gasteiger partial charge in [0.25, 0.3) is 0 Å². The van der Waals surface area contributed by atoms with Crippen LogP contribution in [0.15, 0.2) is 30.3 Å². The van der Waals surface area contributed by atoms with Crippen LogP contribution in [0.25, 0.3) is 0 Å². The van der Waals surface area contributed by atoms with E-state index >= 15 is 0 Å². The summed E-state index contributed by atoms with van der Waals surface area (Å²) in [5.74, 6) is -0.390. The smallest absolute Gasteiger partial charge is 0.462 e. The standard InChI is InChI=1S/C13H17BF3O2.K/c15-14(16,17)10-6-1-2-7-11-19-13(18)12-8-4-3-5-9-12;/h3-5,8-9H,1-2,6-7,10-11H2;/q-1;+1. The first kappa shape index (κ1) is 20.2. The summed E-state index contributed by atoms with van der Waals surface area (Å²) in [5.41, 5.74) is 0.488. The Kier molecular flexibility index (Phi) is 10.9. The van der Waals surface area contributed by atoms with E-state index in [1.54, 1.807) is 30.3 Å². The van der Waals surface area contributed by atoms with E-state index in [0.717, 1.165) is 0 Å². The van der Waals surface area contributed by atoms with Crippen LogP contribution in [0.3, 0.4) is 0 Å². The van der Waals surface area contributed by atoms with Crippen molar-refractivity contribution in [1.29, 1.82) is 0 Å². The third-order valence-corrected chi connectivity index (χ3v) is 2.67. The molecule has 0 unspecified atom stereocenters. The van der Waals surface area contributed by atoms with Crippen molar-refractivity contribution in [3.63, 3.8) is 0 Å². The molecule has 0 amide bonds. The molecule has 0 bridgehead atoms. The van der Waals surface area contributed by atoms with Gasteiger partial charge in [0.2, 0.25) is 0 Å². The molecule has 20 heavy (non-hydrogen) atoms. The molecule has 7 heteroatoms. The predicted molar refractivity (Wildman–Crippen MR) is 69.1 cm³/mol. The van der Waals surface area contributed by atoms with Crippen molar-refractivity contribution in [2.45, 2.75) is 32.0 Å². The van der Waals surface area contributed by atoms with E-state index < -0.39 is 13.3 Å². The number of hydrogen-bond acceptors (Lipinski definition) is 2. The molecule has 1 rings (SSSR count). The number of carbonyl (C=O) groups is 1. The number of rotatable bonds is 8. The van der Waals surface area contributed by atoms with Gasteiger partial charge in [0.05, 0.1) is 12.2 Å². The summed E-state index contributed by atoms with van der Waals surface area (Å²) in [6, 6.07) is 8.62. The summed E-state index contributed by atoms with van der Waals surface area (Å²) in [4.78, 5) is 11.5. The van der Waals surface area contributed by atoms with Gasteiger partial charge in [-0.15, -0.1) is 0 Å². The van der Waals surface area contributed by atoms with E-state index in [4.69, 9.17) is 4.74 Å². The maximum absolute atomic E-state index is 11.9. The fourth-order valence-corrected chi connectivity index (χ4v) is 1.65. The first-order valence-corrected chi connectivity index (χ1v) is 6.42. The van der Waals surface area contributed by atoms with Crippen molar-refractivity contribution < 1.29 is 73.9 Å². The molecule has 0 saturated heterocycles. The average Bonchev–Trinajstić information content (AvgIpc) is 2.37. The third-order valence-electron chi connectivity index (χ3n) is 2.67. The zero-order chi connectivity index (χ0) is 14.1. The second-order valence-corrected chi connectivity index (χ2v) is 4.42. The molecule has 0 saturated carbocycles. The zero-order valence-electron chi connectivity index (χ0n) is 11.7. The van der Waals surface area contributed by atoms with Crippen molar-refractivity contribution in [3.05, 3.63) is 35.9 Å². The Morgan fingerprint density at radius 1 is 1.00 bits per heavy atom. The van der Waals surface area contributed by atoms with E-state index in [-0.39, 0.29) is 70.4 Å². The fraction of sp³-hybridized carbons (Fsp3) is 0.462. The average molecular weight is 312 g/mol. The van der Waals surface area contributed by atoms with Crippen LogP contribution < -0.4 is 51.4 Å². The summed E-state index contributed by atoms with van der Waals surface area (Å²) in [6.45, 7) is -4.40. The SMILES string of the molecule is O=C(OCCCCCC[B-](F)(F)F)c1ccccc1.[K+]. The summed E-state index contributed by atoms with van der Waals surface area (Å²) < 4.78 is 40.8. The topological polar surface area (TPSA) is 26.3 Å². The quantitative estimate of drug-likeness (QED) is 0.410. The molecule has 1 aromatic rings. The normalized spacial score (nSPS) is 10.8. The molecule has 0 heterocycles. The Bertz CT molecular complexity index is 385. The number of benzene rings is 1. The molecule has 0 aliphatic rings. The van der Waals surface area contributed by atoms with Gasteiger partial charge in [-0.2, -0.15) is 0 Å². The molecule has 1 aromatic carbocycles. The Hall–Kier alpha value is 0.181. The number of halogens is 3. The molecule has 2 nitrogen and oxygen atoms in total. The van der Waals surface area contributed by atoms with E-state index in [1.165, 1.54) is 0 Å². The van der Waals surface area contributed by atoms with Crippen LogP contribution in [-0.4, -0.2) is 19.6 Å². The van der Waals surface area contributed by atoms with Gasteiger partial charge in [0.15, 0.2) is 0 Å². The maximum Gasteiger partial charge on any atom is 1.00 e. The van der Waals surface area contributed by atoms with Gasteiger partial charge in [-0.25, -0.2) is 4.79 Å². The van der Waals surface area contributed by atoms with Gasteiger partial charge in [-0.3, -0.25) is 0 Å². The minimum Gasteiger partial charge on any atom is -0.462 e. The van der Waals surface area contributed by atoms with Gasteiger partial charge >= 0.3 is 64.3 Å². The Morgan fingerprint density at radius 2 is 1.60 bits per heavy atom. The van der Waals surface area contributed by atoms with Gasteiger partial charge in [0.1, 0.15) is 0 Å². The second-order valence-electron chi connectivity index (χ2n) is 4.42. The van der Waals surface area contributed by atoms with Gasteiger partial charge < -0.3 is 17.7 Å². The molecule has 0 radical (unpaired) electrons. The molecule has 106 valence electrons. The van der Waals surface area contributed by atoms with Crippen LogP contribution >= 0.6 is 0 Å². The van der Waals surface area contributed by atoms with Crippen LogP contribution in [0.1, 0.15) is 36.0 Å². The number of esters is 1. The van der Waals surface area contributed by atoms with E-state index in [2.05, 4.69) is 0 Å². The molecule has 0 aromatic heterocycles. The summed E-state index contributed by atoms with van der Waals surface area (Å²) in [5, 5.41) is 0. The Morgan fingerprint density at radius 3 is 2.20 bits per heavy atom. The Balaban J connectivity index is 0.00000361. The minimum atomic E-state index is -4.66. The van der Waals surface area contributed by atoms with E-state index in [9.17, 15) is 17.7 Å². The van der Waals surface area contributed by atoms with Crippen molar-refractivity contribution in [2.75, 3.05) is 6.61 Å². The summed E-state index contributed by atoms with van der Waals surface area (Å²) in [6.07, 6.45) is 1.25. The number of ether oxygens (including phenoxy) is 1. The molecule has 0 fully saturated rings. The second kappa shape index (κ2) is 10.8. The minimum absolute atomic E-state index is 0. The molecule has 0 spiro atoms. The third kappa shape index (κ3) is 9.99. The summed E-state index contributed by atoms with van der Waals surface area (Å²) >= 11 is 0. The van der Waals surface area contributed by atoms with Crippen molar-refractivity contribution in [2.24, 2.45) is 0 Å². The van der Waals surface area contributed by atoms with E-state index in [0.29, 0.717) is 24.8 Å². The molecule has 0 N–H and O–H groups in total. The first-order chi connectivity index (χ1) is 8.99. The van der Waals surface area contributed by atoms with Crippen molar-refractivity contribution in [1.82, 2.24) is 0 Å². The van der Waals surface area contributed by atoms with Crippen LogP contribution in [0.5, 0.6) is 0 Å². The van der Waals surface area contributed by atoms with Crippen LogP contribution in [0, 0.1) is 0 Å². The van der Waals surface area contributed by atoms with Crippen LogP contribution in [0.2, 0.25) is 6.32 Å². The van der Waals surface area contributed by atoms with Crippen molar-refractivity contribution >= 4 is 12.9 Å². The van der Waals surface area contributed by atoms with Gasteiger partial charge in [0, 0.05) is 0 Å². The predicted octanol–water partition coefficient (Wildman–Crippen LogP) is 1.26. The molecular weight excluding hydrogens is 295 g/mol. The molecule has 0 aliphatic heterocycles. The fourth-order valence-electron chi connectivity index (χ4n) is 1.65. The van der Waals surface area contributed by atoms with Gasteiger partial charge in [-0.05, 0) is 18.6 Å². The molecule has 0 atom stereocenters. The van der Waals surface area contributed by atoms with E-state index in [1.807, 2.05) is 0 Å². The maximum atomic E-state index is 11.9.